The average Bonchev–Trinajstić information content (AvgIpc) is 2.80. The standard InChI is InChI=1S/C25H22BrN3O4/c1-4-32-25(31)15(2)33-23-12-9-17-7-5-6-8-19(17)21(23)14-27-29-16(3)28-22-11-10-18(26)13-20(22)24(29)30/h5-15H,4H2,1-3H3/t15-/m1/s1. The van der Waals surface area contributed by atoms with E-state index in [0.717, 1.165) is 15.2 Å². The van der Waals surface area contributed by atoms with Crippen LogP contribution in [0.15, 0.2) is 69.0 Å². The van der Waals surface area contributed by atoms with Crippen LogP contribution in [0.3, 0.4) is 0 Å². The van der Waals surface area contributed by atoms with Gasteiger partial charge in [-0.1, -0.05) is 46.3 Å². The van der Waals surface area contributed by atoms with E-state index in [4.69, 9.17) is 9.47 Å². The first-order valence-electron chi connectivity index (χ1n) is 10.5. The second kappa shape index (κ2) is 9.54. The number of rotatable bonds is 6. The first kappa shape index (κ1) is 22.7. The molecule has 1 heterocycles. The average molecular weight is 508 g/mol. The Morgan fingerprint density at radius 3 is 2.76 bits per heavy atom. The predicted molar refractivity (Wildman–Crippen MR) is 132 cm³/mol. The van der Waals surface area contributed by atoms with E-state index >= 15 is 0 Å². The van der Waals surface area contributed by atoms with Crippen LogP contribution in [0.1, 0.15) is 25.2 Å². The van der Waals surface area contributed by atoms with Crippen molar-refractivity contribution in [2.45, 2.75) is 26.9 Å². The zero-order valence-corrected chi connectivity index (χ0v) is 20.0. The molecule has 0 aliphatic carbocycles. The molecule has 0 aliphatic rings. The Balaban J connectivity index is 1.82. The van der Waals surface area contributed by atoms with E-state index in [1.165, 1.54) is 4.68 Å². The van der Waals surface area contributed by atoms with Crippen LogP contribution in [0.4, 0.5) is 0 Å². The molecule has 7 nitrogen and oxygen atoms in total. The van der Waals surface area contributed by atoms with Gasteiger partial charge in [0.15, 0.2) is 6.10 Å². The fourth-order valence-corrected chi connectivity index (χ4v) is 3.88. The third-order valence-electron chi connectivity index (χ3n) is 5.13. The van der Waals surface area contributed by atoms with Crippen molar-refractivity contribution >= 4 is 49.8 Å². The molecule has 0 bridgehead atoms. The van der Waals surface area contributed by atoms with Gasteiger partial charge in [-0.2, -0.15) is 9.78 Å². The highest BCUT2D eigenvalue weighted by molar-refractivity contribution is 9.10. The molecule has 3 aromatic carbocycles. The summed E-state index contributed by atoms with van der Waals surface area (Å²) in [5, 5.41) is 6.76. The Hall–Kier alpha value is -3.52. The van der Waals surface area contributed by atoms with Gasteiger partial charge in [0, 0.05) is 10.0 Å². The number of hydrogen-bond acceptors (Lipinski definition) is 6. The molecule has 1 atom stereocenters. The number of fused-ring (bicyclic) bond motifs is 2. The minimum atomic E-state index is -0.803. The van der Waals surface area contributed by atoms with Crippen molar-refractivity contribution in [1.29, 1.82) is 0 Å². The third kappa shape index (κ3) is 4.66. The maximum absolute atomic E-state index is 13.1. The van der Waals surface area contributed by atoms with Gasteiger partial charge in [-0.25, -0.2) is 9.78 Å². The van der Waals surface area contributed by atoms with Crippen LogP contribution in [0.2, 0.25) is 0 Å². The number of carbonyl (C=O) groups is 1. The summed E-state index contributed by atoms with van der Waals surface area (Å²) in [6.07, 6.45) is 0.762. The molecule has 0 saturated heterocycles. The van der Waals surface area contributed by atoms with E-state index in [1.807, 2.05) is 36.4 Å². The Bertz CT molecular complexity index is 1450. The van der Waals surface area contributed by atoms with Gasteiger partial charge in [-0.3, -0.25) is 4.79 Å². The lowest BCUT2D eigenvalue weighted by atomic mass is 10.0. The molecule has 33 heavy (non-hydrogen) atoms. The Labute approximate surface area is 198 Å². The molecule has 0 fully saturated rings. The first-order chi connectivity index (χ1) is 15.9. The number of aromatic nitrogens is 2. The topological polar surface area (TPSA) is 82.8 Å². The van der Waals surface area contributed by atoms with E-state index in [9.17, 15) is 9.59 Å². The van der Waals surface area contributed by atoms with Crippen molar-refractivity contribution in [1.82, 2.24) is 9.66 Å². The van der Waals surface area contributed by atoms with Crippen LogP contribution in [0, 0.1) is 6.92 Å². The van der Waals surface area contributed by atoms with Crippen LogP contribution in [-0.4, -0.2) is 34.6 Å². The van der Waals surface area contributed by atoms with E-state index < -0.39 is 12.1 Å². The smallest absolute Gasteiger partial charge is 0.347 e. The first-order valence-corrected chi connectivity index (χ1v) is 11.3. The van der Waals surface area contributed by atoms with E-state index in [0.29, 0.717) is 28.0 Å². The summed E-state index contributed by atoms with van der Waals surface area (Å²) < 4.78 is 13.0. The van der Waals surface area contributed by atoms with Crippen LogP contribution < -0.4 is 10.3 Å². The van der Waals surface area contributed by atoms with Gasteiger partial charge in [0.1, 0.15) is 11.6 Å². The molecule has 0 N–H and O–H groups in total. The fourth-order valence-electron chi connectivity index (χ4n) is 3.52. The van der Waals surface area contributed by atoms with Gasteiger partial charge in [0.05, 0.1) is 23.7 Å². The second-order valence-electron chi connectivity index (χ2n) is 7.39. The minimum absolute atomic E-state index is 0.270. The number of aryl methyl sites for hydroxylation is 1. The number of ether oxygens (including phenoxy) is 2. The zero-order chi connectivity index (χ0) is 23.5. The highest BCUT2D eigenvalue weighted by Crippen LogP contribution is 2.28. The zero-order valence-electron chi connectivity index (χ0n) is 18.4. The quantitative estimate of drug-likeness (QED) is 0.275. The summed E-state index contributed by atoms with van der Waals surface area (Å²) in [6, 6.07) is 16.8. The fraction of sp³-hybridized carbons (Fsp3) is 0.200. The molecule has 168 valence electrons. The summed E-state index contributed by atoms with van der Waals surface area (Å²) in [5.74, 6) is 0.457. The van der Waals surface area contributed by atoms with Crippen LogP contribution in [0.5, 0.6) is 5.75 Å². The summed E-state index contributed by atoms with van der Waals surface area (Å²) >= 11 is 3.40. The lowest BCUT2D eigenvalue weighted by Crippen LogP contribution is -2.26. The van der Waals surface area contributed by atoms with Crippen LogP contribution in [-0.2, 0) is 9.53 Å². The van der Waals surface area contributed by atoms with E-state index in [-0.39, 0.29) is 12.2 Å². The van der Waals surface area contributed by atoms with Gasteiger partial charge >= 0.3 is 5.97 Å². The monoisotopic (exact) mass is 507 g/mol. The summed E-state index contributed by atoms with van der Waals surface area (Å²) in [7, 11) is 0. The van der Waals surface area contributed by atoms with Crippen molar-refractivity contribution in [3.05, 3.63) is 80.8 Å². The molecule has 0 radical (unpaired) electrons. The SMILES string of the molecule is CCOC(=O)[C@@H](C)Oc1ccc2ccccc2c1C=Nn1c(C)nc2ccc(Br)cc2c1=O. The Morgan fingerprint density at radius 2 is 1.97 bits per heavy atom. The predicted octanol–water partition coefficient (Wildman–Crippen LogP) is 4.83. The number of esters is 1. The molecular weight excluding hydrogens is 486 g/mol. The van der Waals surface area contributed by atoms with Crippen LogP contribution in [0.25, 0.3) is 21.7 Å². The maximum Gasteiger partial charge on any atom is 0.347 e. The molecule has 8 heteroatoms. The minimum Gasteiger partial charge on any atom is -0.478 e. The number of carbonyl (C=O) groups excluding carboxylic acids is 1. The lowest BCUT2D eigenvalue weighted by molar-refractivity contribution is -0.150. The third-order valence-corrected chi connectivity index (χ3v) is 5.62. The summed E-state index contributed by atoms with van der Waals surface area (Å²) in [5.41, 5.74) is 0.965. The van der Waals surface area contributed by atoms with Crippen LogP contribution >= 0.6 is 15.9 Å². The Kier molecular flexibility index (Phi) is 6.55. The number of nitrogens with zero attached hydrogens (tertiary/aromatic N) is 3. The van der Waals surface area contributed by atoms with Crippen molar-refractivity contribution in [2.24, 2.45) is 5.10 Å². The van der Waals surface area contributed by atoms with Gasteiger partial charge in [-0.05, 0) is 55.8 Å². The lowest BCUT2D eigenvalue weighted by Gasteiger charge is -2.16. The molecule has 0 unspecified atom stereocenters. The molecule has 4 rings (SSSR count). The van der Waals surface area contributed by atoms with Gasteiger partial charge in [0.25, 0.3) is 5.56 Å². The molecule has 4 aromatic rings. The molecule has 0 spiro atoms. The van der Waals surface area contributed by atoms with E-state index in [1.54, 1.807) is 45.2 Å². The normalized spacial score (nSPS) is 12.4. The summed E-state index contributed by atoms with van der Waals surface area (Å²) in [6.45, 7) is 5.37. The molecule has 1 aromatic heterocycles. The van der Waals surface area contributed by atoms with Gasteiger partial charge in [-0.15, -0.1) is 0 Å². The molecule has 0 saturated carbocycles. The molecule has 0 aliphatic heterocycles. The van der Waals surface area contributed by atoms with Gasteiger partial charge < -0.3 is 9.47 Å². The van der Waals surface area contributed by atoms with Crippen molar-refractivity contribution in [2.75, 3.05) is 6.61 Å². The summed E-state index contributed by atoms with van der Waals surface area (Å²) in [4.78, 5) is 29.7. The second-order valence-corrected chi connectivity index (χ2v) is 8.31. The van der Waals surface area contributed by atoms with Gasteiger partial charge in [0.2, 0.25) is 0 Å². The van der Waals surface area contributed by atoms with Crippen molar-refractivity contribution < 1.29 is 14.3 Å². The molecular formula is C25H22BrN3O4. The van der Waals surface area contributed by atoms with Crippen molar-refractivity contribution in [3.8, 4) is 5.75 Å². The number of halogens is 1. The highest BCUT2D eigenvalue weighted by atomic mass is 79.9. The molecule has 0 amide bonds. The van der Waals surface area contributed by atoms with E-state index in [2.05, 4.69) is 26.0 Å². The Morgan fingerprint density at radius 1 is 1.18 bits per heavy atom. The largest absolute Gasteiger partial charge is 0.478 e. The van der Waals surface area contributed by atoms with Crippen molar-refractivity contribution in [3.63, 3.8) is 0 Å². The highest BCUT2D eigenvalue weighted by Gasteiger charge is 2.18. The number of benzene rings is 3. The number of hydrogen-bond donors (Lipinski definition) is 0. The maximum atomic E-state index is 13.1.